The van der Waals surface area contributed by atoms with Gasteiger partial charge in [-0.15, -0.1) is 0 Å². The third kappa shape index (κ3) is 2.16. The molecule has 1 saturated heterocycles. The van der Waals surface area contributed by atoms with E-state index in [1.807, 2.05) is 27.0 Å². The predicted molar refractivity (Wildman–Crippen MR) is 84.5 cm³/mol. The standard InChI is InChI=1S/C17H22N2O3/c1-17(2)13-10-12(4-5-14(13)18(3)15(17)20)11-6-8-19(9-7-11)16(21)22/h4-5,10-11H,6-9H2,1-3H3,(H,21,22). The van der Waals surface area contributed by atoms with Crippen LogP contribution in [0.25, 0.3) is 0 Å². The first-order chi connectivity index (χ1) is 10.3. The first-order valence-electron chi connectivity index (χ1n) is 7.73. The second kappa shape index (κ2) is 5.00. The van der Waals surface area contributed by atoms with Crippen molar-refractivity contribution in [2.24, 2.45) is 0 Å². The van der Waals surface area contributed by atoms with Crippen LogP contribution in [0.4, 0.5) is 10.5 Å². The Balaban J connectivity index is 1.86. The van der Waals surface area contributed by atoms with Gasteiger partial charge < -0.3 is 14.9 Å². The molecule has 0 spiro atoms. The van der Waals surface area contributed by atoms with Crippen LogP contribution < -0.4 is 4.90 Å². The minimum Gasteiger partial charge on any atom is -0.465 e. The van der Waals surface area contributed by atoms with E-state index in [0.29, 0.717) is 19.0 Å². The summed E-state index contributed by atoms with van der Waals surface area (Å²) < 4.78 is 0. The number of carboxylic acid groups (broad SMARTS) is 1. The minimum absolute atomic E-state index is 0.125. The number of fused-ring (bicyclic) bond motifs is 1. The highest BCUT2D eigenvalue weighted by Gasteiger charge is 2.42. The maximum Gasteiger partial charge on any atom is 0.407 e. The Labute approximate surface area is 130 Å². The Bertz CT molecular complexity index is 631. The van der Waals surface area contributed by atoms with Crippen molar-refractivity contribution in [3.63, 3.8) is 0 Å². The molecule has 2 aliphatic rings. The quantitative estimate of drug-likeness (QED) is 0.867. The molecule has 118 valence electrons. The molecule has 0 atom stereocenters. The Morgan fingerprint density at radius 2 is 1.91 bits per heavy atom. The van der Waals surface area contributed by atoms with Crippen LogP contribution in [0, 0.1) is 0 Å². The van der Waals surface area contributed by atoms with E-state index < -0.39 is 11.5 Å². The van der Waals surface area contributed by atoms with Crippen molar-refractivity contribution in [1.82, 2.24) is 4.90 Å². The Morgan fingerprint density at radius 3 is 2.50 bits per heavy atom. The summed E-state index contributed by atoms with van der Waals surface area (Å²) in [7, 11) is 1.82. The van der Waals surface area contributed by atoms with Crippen LogP contribution in [0.1, 0.15) is 43.7 Å². The second-order valence-electron chi connectivity index (χ2n) is 6.81. The zero-order valence-electron chi connectivity index (χ0n) is 13.3. The highest BCUT2D eigenvalue weighted by molar-refractivity contribution is 6.07. The van der Waals surface area contributed by atoms with Crippen LogP contribution in [0.5, 0.6) is 0 Å². The van der Waals surface area contributed by atoms with Crippen LogP contribution in [-0.4, -0.2) is 42.1 Å². The van der Waals surface area contributed by atoms with Crippen LogP contribution >= 0.6 is 0 Å². The van der Waals surface area contributed by atoms with E-state index in [9.17, 15) is 9.59 Å². The molecule has 0 radical (unpaired) electrons. The Hall–Kier alpha value is -2.04. The zero-order chi connectivity index (χ0) is 16.1. The van der Waals surface area contributed by atoms with Crippen molar-refractivity contribution in [1.29, 1.82) is 0 Å². The number of likely N-dealkylation sites (N-methyl/N-ethyl adjacent to an activating group) is 1. The molecule has 1 fully saturated rings. The number of hydrogen-bond acceptors (Lipinski definition) is 2. The van der Waals surface area contributed by atoms with E-state index in [0.717, 1.165) is 24.1 Å². The van der Waals surface area contributed by atoms with Crippen molar-refractivity contribution >= 4 is 17.7 Å². The molecule has 3 rings (SSSR count). The number of hydrogen-bond donors (Lipinski definition) is 1. The number of amides is 2. The summed E-state index contributed by atoms with van der Waals surface area (Å²) in [6.07, 6.45) is 0.852. The summed E-state index contributed by atoms with van der Waals surface area (Å²) >= 11 is 0. The van der Waals surface area contributed by atoms with Gasteiger partial charge in [-0.3, -0.25) is 4.79 Å². The van der Waals surface area contributed by atoms with Gasteiger partial charge in [0.15, 0.2) is 0 Å². The van der Waals surface area contributed by atoms with E-state index >= 15 is 0 Å². The van der Waals surface area contributed by atoms with Crippen LogP contribution in [0.3, 0.4) is 0 Å². The van der Waals surface area contributed by atoms with E-state index in [1.165, 1.54) is 10.5 Å². The van der Waals surface area contributed by atoms with Crippen LogP contribution in [-0.2, 0) is 10.2 Å². The highest BCUT2D eigenvalue weighted by Crippen LogP contribution is 2.42. The molecule has 1 aromatic rings. The number of rotatable bonds is 1. The second-order valence-corrected chi connectivity index (χ2v) is 6.81. The number of carbonyl (C=O) groups excluding carboxylic acids is 1. The third-order valence-electron chi connectivity index (χ3n) is 5.13. The Kier molecular flexibility index (Phi) is 3.38. The lowest BCUT2D eigenvalue weighted by molar-refractivity contribution is -0.121. The van der Waals surface area contributed by atoms with Gasteiger partial charge >= 0.3 is 6.09 Å². The lowest BCUT2D eigenvalue weighted by Gasteiger charge is -2.30. The number of carbonyl (C=O) groups is 2. The van der Waals surface area contributed by atoms with Crippen molar-refractivity contribution in [2.45, 2.75) is 38.0 Å². The van der Waals surface area contributed by atoms with Gasteiger partial charge in [0.2, 0.25) is 5.91 Å². The van der Waals surface area contributed by atoms with Gasteiger partial charge in [-0.1, -0.05) is 12.1 Å². The molecule has 5 nitrogen and oxygen atoms in total. The van der Waals surface area contributed by atoms with Gasteiger partial charge in [0.05, 0.1) is 5.41 Å². The van der Waals surface area contributed by atoms with Crippen molar-refractivity contribution < 1.29 is 14.7 Å². The fourth-order valence-electron chi connectivity index (χ4n) is 3.65. The molecule has 0 unspecified atom stereocenters. The van der Waals surface area contributed by atoms with Crippen molar-refractivity contribution in [2.75, 3.05) is 25.0 Å². The fraction of sp³-hybridized carbons (Fsp3) is 0.529. The lowest BCUT2D eigenvalue weighted by atomic mass is 9.82. The average molecular weight is 302 g/mol. The van der Waals surface area contributed by atoms with E-state index in [2.05, 4.69) is 12.1 Å². The van der Waals surface area contributed by atoms with Gasteiger partial charge in [-0.05, 0) is 49.8 Å². The summed E-state index contributed by atoms with van der Waals surface area (Å²) in [5.41, 5.74) is 2.81. The summed E-state index contributed by atoms with van der Waals surface area (Å²) in [6, 6.07) is 6.27. The summed E-state index contributed by atoms with van der Waals surface area (Å²) in [5, 5.41) is 9.03. The topological polar surface area (TPSA) is 60.9 Å². The van der Waals surface area contributed by atoms with Crippen molar-refractivity contribution in [3.8, 4) is 0 Å². The maximum atomic E-state index is 12.3. The smallest absolute Gasteiger partial charge is 0.407 e. The molecule has 0 bridgehead atoms. The monoisotopic (exact) mass is 302 g/mol. The molecule has 2 amide bonds. The van der Waals surface area contributed by atoms with Gasteiger partial charge in [0, 0.05) is 25.8 Å². The molecule has 0 aliphatic carbocycles. The molecule has 22 heavy (non-hydrogen) atoms. The Morgan fingerprint density at radius 1 is 1.27 bits per heavy atom. The summed E-state index contributed by atoms with van der Waals surface area (Å²) in [6.45, 7) is 5.10. The SMILES string of the molecule is CN1C(=O)C(C)(C)c2cc(C3CCN(C(=O)O)CC3)ccc21. The lowest BCUT2D eigenvalue weighted by Crippen LogP contribution is -2.36. The van der Waals surface area contributed by atoms with Gasteiger partial charge in [0.25, 0.3) is 0 Å². The molecule has 0 aromatic heterocycles. The molecular formula is C17H22N2O3. The van der Waals surface area contributed by atoms with Gasteiger partial charge in [-0.25, -0.2) is 4.79 Å². The van der Waals surface area contributed by atoms with Gasteiger partial charge in [0.1, 0.15) is 0 Å². The summed E-state index contributed by atoms with van der Waals surface area (Å²) in [5.74, 6) is 0.498. The molecule has 5 heteroatoms. The largest absolute Gasteiger partial charge is 0.465 e. The van der Waals surface area contributed by atoms with E-state index in [1.54, 1.807) is 4.90 Å². The number of benzene rings is 1. The molecule has 1 aromatic carbocycles. The molecule has 2 aliphatic heterocycles. The van der Waals surface area contributed by atoms with E-state index in [-0.39, 0.29) is 5.91 Å². The number of likely N-dealkylation sites (tertiary alicyclic amines) is 1. The van der Waals surface area contributed by atoms with Crippen LogP contribution in [0.15, 0.2) is 18.2 Å². The number of nitrogens with zero attached hydrogens (tertiary/aromatic N) is 2. The van der Waals surface area contributed by atoms with Crippen LogP contribution in [0.2, 0.25) is 0 Å². The summed E-state index contributed by atoms with van der Waals surface area (Å²) in [4.78, 5) is 26.5. The highest BCUT2D eigenvalue weighted by atomic mass is 16.4. The average Bonchev–Trinajstić information content (AvgIpc) is 2.68. The molecular weight excluding hydrogens is 280 g/mol. The predicted octanol–water partition coefficient (Wildman–Crippen LogP) is 2.80. The maximum absolute atomic E-state index is 12.3. The molecule has 2 heterocycles. The number of anilines is 1. The third-order valence-corrected chi connectivity index (χ3v) is 5.13. The van der Waals surface area contributed by atoms with Gasteiger partial charge in [-0.2, -0.15) is 0 Å². The number of piperidine rings is 1. The fourth-order valence-corrected chi connectivity index (χ4v) is 3.65. The molecule has 0 saturated carbocycles. The minimum atomic E-state index is -0.833. The normalized spacial score (nSPS) is 21.1. The first-order valence-corrected chi connectivity index (χ1v) is 7.73. The zero-order valence-corrected chi connectivity index (χ0v) is 13.3. The first kappa shape index (κ1) is 14.9. The van der Waals surface area contributed by atoms with Crippen molar-refractivity contribution in [3.05, 3.63) is 29.3 Å². The van der Waals surface area contributed by atoms with E-state index in [4.69, 9.17) is 5.11 Å². The molecule has 1 N–H and O–H groups in total.